The van der Waals surface area contributed by atoms with E-state index in [1.165, 1.54) is 36.2 Å². The smallest absolute Gasteiger partial charge is 0.167 e. The van der Waals surface area contributed by atoms with Crippen molar-refractivity contribution >= 4 is 0 Å². The number of halogens is 1. The molecule has 3 heterocycles. The highest BCUT2D eigenvalue weighted by molar-refractivity contribution is 5.57. The average molecular weight is 350 g/mol. The lowest BCUT2D eigenvalue weighted by atomic mass is 10.1. The summed E-state index contributed by atoms with van der Waals surface area (Å²) in [6.07, 6.45) is 5.40. The third kappa shape index (κ3) is 3.12. The monoisotopic (exact) mass is 350 g/mol. The molecule has 0 unspecified atom stereocenters. The molecule has 1 aliphatic heterocycles. The highest BCUT2D eigenvalue weighted by Gasteiger charge is 2.28. The Labute approximate surface area is 150 Å². The van der Waals surface area contributed by atoms with Crippen LogP contribution in [0.4, 0.5) is 4.39 Å². The summed E-state index contributed by atoms with van der Waals surface area (Å²) in [6, 6.07) is 8.18. The maximum absolute atomic E-state index is 13.0. The Kier molecular flexibility index (Phi) is 3.78. The molecule has 1 fully saturated rings. The minimum Gasteiger partial charge on any atom is -0.356 e. The fourth-order valence-corrected chi connectivity index (χ4v) is 3.43. The molecule has 0 amide bonds. The van der Waals surface area contributed by atoms with Crippen molar-refractivity contribution in [3.8, 4) is 11.3 Å². The van der Waals surface area contributed by atoms with Crippen LogP contribution in [0.3, 0.4) is 0 Å². The normalized spacial score (nSPS) is 17.3. The van der Waals surface area contributed by atoms with Gasteiger partial charge in [-0.3, -0.25) is 4.90 Å². The summed E-state index contributed by atoms with van der Waals surface area (Å²) >= 11 is 0. The molecule has 1 aromatic carbocycles. The van der Waals surface area contributed by atoms with E-state index in [2.05, 4.69) is 15.0 Å². The molecule has 2 aromatic heterocycles. The highest BCUT2D eigenvalue weighted by atomic mass is 19.1. The Bertz CT molecular complexity index is 933. The molecule has 0 atom stereocenters. The van der Waals surface area contributed by atoms with Crippen LogP contribution in [0.1, 0.15) is 41.5 Å². The second kappa shape index (κ2) is 6.29. The standard InChI is InChI=1S/C20H19FN4O/c21-16-5-3-13(4-6-16)19-9-17(24-26-19)12-25-8-7-18-15(11-25)10-22-20(23-18)14-1-2-14/h3-6,9-10,14H,1-2,7-8,11-12H2. The van der Waals surface area contributed by atoms with Gasteiger partial charge < -0.3 is 4.52 Å². The van der Waals surface area contributed by atoms with Crippen LogP contribution in [0.2, 0.25) is 0 Å². The Balaban J connectivity index is 1.28. The van der Waals surface area contributed by atoms with Gasteiger partial charge in [-0.15, -0.1) is 0 Å². The van der Waals surface area contributed by atoms with Crippen molar-refractivity contribution in [2.24, 2.45) is 0 Å². The lowest BCUT2D eigenvalue weighted by molar-refractivity contribution is 0.235. The first-order valence-corrected chi connectivity index (χ1v) is 9.03. The van der Waals surface area contributed by atoms with E-state index in [1.54, 1.807) is 12.1 Å². The molecule has 132 valence electrons. The van der Waals surface area contributed by atoms with E-state index in [0.29, 0.717) is 18.2 Å². The first-order chi connectivity index (χ1) is 12.7. The van der Waals surface area contributed by atoms with Crippen LogP contribution in [0.5, 0.6) is 0 Å². The number of aromatic nitrogens is 3. The van der Waals surface area contributed by atoms with Gasteiger partial charge in [0.25, 0.3) is 0 Å². The van der Waals surface area contributed by atoms with Gasteiger partial charge in [-0.25, -0.2) is 14.4 Å². The second-order valence-corrected chi connectivity index (χ2v) is 7.12. The Morgan fingerprint density at radius 3 is 2.85 bits per heavy atom. The van der Waals surface area contributed by atoms with E-state index in [1.807, 2.05) is 12.3 Å². The zero-order valence-electron chi connectivity index (χ0n) is 14.4. The molecule has 1 saturated carbocycles. The molecule has 3 aromatic rings. The van der Waals surface area contributed by atoms with Crippen molar-refractivity contribution in [3.63, 3.8) is 0 Å². The van der Waals surface area contributed by atoms with Gasteiger partial charge in [-0.1, -0.05) is 5.16 Å². The lowest BCUT2D eigenvalue weighted by Gasteiger charge is -2.27. The molecule has 0 N–H and O–H groups in total. The molecule has 0 saturated heterocycles. The van der Waals surface area contributed by atoms with Gasteiger partial charge in [-0.2, -0.15) is 0 Å². The first kappa shape index (κ1) is 15.6. The molecule has 0 radical (unpaired) electrons. The molecule has 5 nitrogen and oxygen atoms in total. The number of benzene rings is 1. The van der Waals surface area contributed by atoms with E-state index >= 15 is 0 Å². The largest absolute Gasteiger partial charge is 0.356 e. The predicted molar refractivity (Wildman–Crippen MR) is 93.7 cm³/mol. The van der Waals surface area contributed by atoms with Crippen molar-refractivity contribution in [3.05, 3.63) is 65.1 Å². The number of rotatable bonds is 4. The van der Waals surface area contributed by atoms with Gasteiger partial charge in [0.1, 0.15) is 11.6 Å². The van der Waals surface area contributed by atoms with Gasteiger partial charge in [0, 0.05) is 61.1 Å². The van der Waals surface area contributed by atoms with Gasteiger partial charge >= 0.3 is 0 Å². The van der Waals surface area contributed by atoms with E-state index in [-0.39, 0.29) is 5.82 Å². The van der Waals surface area contributed by atoms with Gasteiger partial charge in [0.2, 0.25) is 0 Å². The minimum atomic E-state index is -0.257. The topological polar surface area (TPSA) is 55.1 Å². The van der Waals surface area contributed by atoms with Crippen LogP contribution in [0.15, 0.2) is 41.1 Å². The zero-order chi connectivity index (χ0) is 17.5. The van der Waals surface area contributed by atoms with Crippen LogP contribution < -0.4 is 0 Å². The third-order valence-electron chi connectivity index (χ3n) is 5.05. The molecule has 6 heteroatoms. The number of fused-ring (bicyclic) bond motifs is 1. The summed E-state index contributed by atoms with van der Waals surface area (Å²) in [5.74, 6) is 2.03. The summed E-state index contributed by atoms with van der Waals surface area (Å²) in [5, 5.41) is 4.17. The fraction of sp³-hybridized carbons (Fsp3) is 0.350. The van der Waals surface area contributed by atoms with E-state index in [4.69, 9.17) is 9.51 Å². The number of hydrogen-bond donors (Lipinski definition) is 0. The molecule has 0 spiro atoms. The molecular formula is C20H19FN4O. The molecule has 5 rings (SSSR count). The van der Waals surface area contributed by atoms with Crippen LogP contribution in [0.25, 0.3) is 11.3 Å². The molecule has 2 aliphatic rings. The maximum atomic E-state index is 13.0. The Morgan fingerprint density at radius 1 is 1.19 bits per heavy atom. The maximum Gasteiger partial charge on any atom is 0.167 e. The predicted octanol–water partition coefficient (Wildman–Crippen LogP) is 3.71. The van der Waals surface area contributed by atoms with Crippen molar-refractivity contribution in [1.82, 2.24) is 20.0 Å². The van der Waals surface area contributed by atoms with Gasteiger partial charge in [-0.05, 0) is 37.1 Å². The molecule has 0 bridgehead atoms. The highest BCUT2D eigenvalue weighted by Crippen LogP contribution is 2.38. The van der Waals surface area contributed by atoms with E-state index < -0.39 is 0 Å². The second-order valence-electron chi connectivity index (χ2n) is 7.12. The van der Waals surface area contributed by atoms with Gasteiger partial charge in [0.05, 0.1) is 5.69 Å². The zero-order valence-corrected chi connectivity index (χ0v) is 14.4. The van der Waals surface area contributed by atoms with E-state index in [9.17, 15) is 4.39 Å². The van der Waals surface area contributed by atoms with E-state index in [0.717, 1.165) is 36.6 Å². The van der Waals surface area contributed by atoms with Crippen molar-refractivity contribution in [2.75, 3.05) is 6.54 Å². The average Bonchev–Trinajstić information content (AvgIpc) is 3.41. The first-order valence-electron chi connectivity index (χ1n) is 9.03. The van der Waals surface area contributed by atoms with Crippen LogP contribution in [-0.4, -0.2) is 26.6 Å². The Morgan fingerprint density at radius 2 is 2.04 bits per heavy atom. The van der Waals surface area contributed by atoms with Crippen LogP contribution in [-0.2, 0) is 19.5 Å². The van der Waals surface area contributed by atoms with Crippen molar-refractivity contribution < 1.29 is 8.91 Å². The minimum absolute atomic E-state index is 0.257. The summed E-state index contributed by atoms with van der Waals surface area (Å²) in [4.78, 5) is 11.6. The van der Waals surface area contributed by atoms with Crippen LogP contribution in [0, 0.1) is 5.82 Å². The SMILES string of the molecule is Fc1ccc(-c2cc(CN3CCc4nc(C5CC5)ncc4C3)no2)cc1. The summed E-state index contributed by atoms with van der Waals surface area (Å²) in [7, 11) is 0. The molecule has 1 aliphatic carbocycles. The fourth-order valence-electron chi connectivity index (χ4n) is 3.43. The quantitative estimate of drug-likeness (QED) is 0.718. The number of nitrogens with zero attached hydrogens (tertiary/aromatic N) is 4. The summed E-state index contributed by atoms with van der Waals surface area (Å²) in [5.41, 5.74) is 4.12. The molecular weight excluding hydrogens is 331 g/mol. The van der Waals surface area contributed by atoms with Crippen molar-refractivity contribution in [2.45, 2.75) is 38.3 Å². The molecule has 26 heavy (non-hydrogen) atoms. The Hall–Kier alpha value is -2.60. The lowest BCUT2D eigenvalue weighted by Crippen LogP contribution is -2.31. The third-order valence-corrected chi connectivity index (χ3v) is 5.05. The summed E-state index contributed by atoms with van der Waals surface area (Å²) in [6.45, 7) is 2.50. The summed E-state index contributed by atoms with van der Waals surface area (Å²) < 4.78 is 18.5. The van der Waals surface area contributed by atoms with Gasteiger partial charge in [0.15, 0.2) is 5.76 Å². The van der Waals surface area contributed by atoms with Crippen molar-refractivity contribution in [1.29, 1.82) is 0 Å². The van der Waals surface area contributed by atoms with Crippen LogP contribution >= 0.6 is 0 Å². The number of hydrogen-bond acceptors (Lipinski definition) is 5.